The van der Waals surface area contributed by atoms with E-state index < -0.39 is 0 Å². The molecule has 1 N–H and O–H groups in total. The first kappa shape index (κ1) is 18.2. The van der Waals surface area contributed by atoms with E-state index in [1.807, 2.05) is 30.3 Å². The van der Waals surface area contributed by atoms with Crippen molar-refractivity contribution in [3.8, 4) is 11.5 Å². The van der Waals surface area contributed by atoms with E-state index >= 15 is 0 Å². The van der Waals surface area contributed by atoms with Crippen LogP contribution in [0.3, 0.4) is 0 Å². The van der Waals surface area contributed by atoms with Gasteiger partial charge in [0.2, 0.25) is 0 Å². The fourth-order valence-electron chi connectivity index (χ4n) is 4.75. The number of carbonyl (C=O) groups is 2. The Morgan fingerprint density at radius 2 is 1.76 bits per heavy atom. The van der Waals surface area contributed by atoms with E-state index in [1.165, 1.54) is 0 Å². The van der Waals surface area contributed by atoms with E-state index in [4.69, 9.17) is 9.47 Å². The van der Waals surface area contributed by atoms with Crippen LogP contribution in [0.15, 0.2) is 42.5 Å². The first-order valence-electron chi connectivity index (χ1n) is 10.5. The Hall–Kier alpha value is -2.82. The minimum Gasteiger partial charge on any atom is -0.491 e. The molecule has 5 nitrogen and oxygen atoms in total. The maximum absolute atomic E-state index is 12.9. The quantitative estimate of drug-likeness (QED) is 0.842. The fourth-order valence-corrected chi connectivity index (χ4v) is 4.75. The summed E-state index contributed by atoms with van der Waals surface area (Å²) in [6.45, 7) is 0.368. The number of ketones is 1. The number of hydrogen-bond acceptors (Lipinski definition) is 4. The highest BCUT2D eigenvalue weighted by Crippen LogP contribution is 2.39. The number of fused-ring (bicyclic) bond motifs is 3. The summed E-state index contributed by atoms with van der Waals surface area (Å²) in [5, 5.41) is 3.07. The van der Waals surface area contributed by atoms with Gasteiger partial charge >= 0.3 is 0 Å². The molecule has 2 heterocycles. The zero-order valence-electron chi connectivity index (χ0n) is 16.4. The summed E-state index contributed by atoms with van der Waals surface area (Å²) in [6.07, 6.45) is 5.55. The number of hydrogen-bond donors (Lipinski definition) is 1. The third-order valence-electron chi connectivity index (χ3n) is 6.29. The van der Waals surface area contributed by atoms with Crippen LogP contribution in [-0.2, 0) is 6.42 Å². The highest BCUT2D eigenvalue weighted by molar-refractivity contribution is 6.03. The summed E-state index contributed by atoms with van der Waals surface area (Å²) < 4.78 is 12.2. The Kier molecular flexibility index (Phi) is 4.74. The van der Waals surface area contributed by atoms with E-state index in [2.05, 4.69) is 5.32 Å². The molecule has 2 unspecified atom stereocenters. The predicted molar refractivity (Wildman–Crippen MR) is 109 cm³/mol. The van der Waals surface area contributed by atoms with Crippen LogP contribution in [0.4, 0.5) is 0 Å². The summed E-state index contributed by atoms with van der Waals surface area (Å²) in [4.78, 5) is 25.8. The number of benzene rings is 2. The molecule has 3 aliphatic rings. The number of ether oxygens (including phenoxy) is 2. The molecule has 5 heteroatoms. The normalized spacial score (nSPS) is 25.9. The minimum absolute atomic E-state index is 0.0626. The lowest BCUT2D eigenvalue weighted by Gasteiger charge is -2.29. The van der Waals surface area contributed by atoms with Crippen molar-refractivity contribution in [2.24, 2.45) is 5.92 Å². The molecule has 0 saturated heterocycles. The van der Waals surface area contributed by atoms with Crippen LogP contribution < -0.4 is 14.8 Å². The van der Waals surface area contributed by atoms with E-state index in [0.29, 0.717) is 42.1 Å². The van der Waals surface area contributed by atoms with Crippen molar-refractivity contribution in [3.05, 3.63) is 59.2 Å². The van der Waals surface area contributed by atoms with Crippen molar-refractivity contribution in [2.75, 3.05) is 6.61 Å². The zero-order chi connectivity index (χ0) is 19.8. The summed E-state index contributed by atoms with van der Waals surface area (Å²) >= 11 is 0. The minimum atomic E-state index is -0.179. The number of carbonyl (C=O) groups excluding carboxylic acids is 2. The first-order valence-corrected chi connectivity index (χ1v) is 10.5. The molecular weight excluding hydrogens is 366 g/mol. The number of rotatable bonds is 2. The Morgan fingerprint density at radius 3 is 2.62 bits per heavy atom. The average molecular weight is 391 g/mol. The Balaban J connectivity index is 1.42. The maximum atomic E-state index is 12.9. The van der Waals surface area contributed by atoms with Gasteiger partial charge in [0.25, 0.3) is 5.91 Å². The standard InChI is InChI=1S/C24H25NO4/c26-20-11-16-8-4-5-9-21(16)29-23-13-19-22(12-18(20)23)28-14-17(25-24(19)27)10-15-6-2-1-3-7-15/h1-3,6-7,12-13,16-17,21H,4-5,8-11,14H2,(H,25,27)/t16?,17-,21?/m0/s1. The van der Waals surface area contributed by atoms with E-state index in [-0.39, 0.29) is 29.8 Å². The highest BCUT2D eigenvalue weighted by Gasteiger charge is 2.35. The number of nitrogens with one attached hydrogen (secondary N) is 1. The van der Waals surface area contributed by atoms with Crippen molar-refractivity contribution in [3.63, 3.8) is 0 Å². The van der Waals surface area contributed by atoms with Gasteiger partial charge in [0.1, 0.15) is 24.2 Å². The molecule has 0 spiro atoms. The Morgan fingerprint density at radius 1 is 0.966 bits per heavy atom. The monoisotopic (exact) mass is 391 g/mol. The van der Waals surface area contributed by atoms with Crippen LogP contribution in [0, 0.1) is 5.92 Å². The van der Waals surface area contributed by atoms with E-state index in [1.54, 1.807) is 12.1 Å². The summed E-state index contributed by atoms with van der Waals surface area (Å²) in [5.74, 6) is 1.18. The highest BCUT2D eigenvalue weighted by atomic mass is 16.5. The van der Waals surface area contributed by atoms with Gasteiger partial charge in [-0.2, -0.15) is 0 Å². The Bertz CT molecular complexity index is 939. The Labute approximate surface area is 170 Å². The number of amides is 1. The molecule has 2 aromatic rings. The molecular formula is C24H25NO4. The van der Waals surface area contributed by atoms with Crippen molar-refractivity contribution < 1.29 is 19.1 Å². The second kappa shape index (κ2) is 7.54. The van der Waals surface area contributed by atoms with Gasteiger partial charge < -0.3 is 14.8 Å². The van der Waals surface area contributed by atoms with Gasteiger partial charge in [0.05, 0.1) is 17.2 Å². The van der Waals surface area contributed by atoms with Crippen LogP contribution in [0.1, 0.15) is 58.4 Å². The molecule has 1 fully saturated rings. The topological polar surface area (TPSA) is 64.6 Å². The van der Waals surface area contributed by atoms with E-state index in [9.17, 15) is 9.59 Å². The van der Waals surface area contributed by atoms with Crippen LogP contribution in [-0.4, -0.2) is 30.4 Å². The molecule has 0 radical (unpaired) electrons. The van der Waals surface area contributed by atoms with E-state index in [0.717, 1.165) is 31.2 Å². The third-order valence-corrected chi connectivity index (χ3v) is 6.29. The molecule has 2 aromatic carbocycles. The molecule has 5 rings (SSSR count). The first-order chi connectivity index (χ1) is 14.2. The fraction of sp³-hybridized carbons (Fsp3) is 0.417. The summed E-state index contributed by atoms with van der Waals surface area (Å²) in [5.41, 5.74) is 2.14. The summed E-state index contributed by atoms with van der Waals surface area (Å²) in [6, 6.07) is 13.3. The van der Waals surface area contributed by atoms with Crippen molar-refractivity contribution in [1.29, 1.82) is 0 Å². The van der Waals surface area contributed by atoms with Gasteiger partial charge in [0, 0.05) is 12.3 Å². The van der Waals surface area contributed by atoms with Crippen LogP contribution in [0.2, 0.25) is 0 Å². The average Bonchev–Trinajstić information content (AvgIpc) is 2.97. The van der Waals surface area contributed by atoms with Gasteiger partial charge in [-0.25, -0.2) is 0 Å². The third kappa shape index (κ3) is 3.61. The molecule has 2 aliphatic heterocycles. The van der Waals surface area contributed by atoms with Gasteiger partial charge in [-0.05, 0) is 43.4 Å². The van der Waals surface area contributed by atoms with Crippen molar-refractivity contribution >= 4 is 11.7 Å². The van der Waals surface area contributed by atoms with Gasteiger partial charge in [-0.3, -0.25) is 9.59 Å². The van der Waals surface area contributed by atoms with Crippen LogP contribution in [0.5, 0.6) is 11.5 Å². The second-order valence-electron chi connectivity index (χ2n) is 8.34. The van der Waals surface area contributed by atoms with Gasteiger partial charge in [0.15, 0.2) is 5.78 Å². The molecule has 1 aliphatic carbocycles. The van der Waals surface area contributed by atoms with Crippen LogP contribution >= 0.6 is 0 Å². The molecule has 29 heavy (non-hydrogen) atoms. The zero-order valence-corrected chi connectivity index (χ0v) is 16.4. The molecule has 150 valence electrons. The SMILES string of the molecule is O=C1CC2CCCCC2Oc2cc3c(cc21)OC[C@H](Cc1ccccc1)NC3=O. The molecule has 0 aromatic heterocycles. The molecule has 1 saturated carbocycles. The smallest absolute Gasteiger partial charge is 0.255 e. The lowest BCUT2D eigenvalue weighted by molar-refractivity contribution is 0.0810. The maximum Gasteiger partial charge on any atom is 0.255 e. The molecule has 1 amide bonds. The lowest BCUT2D eigenvalue weighted by atomic mass is 9.83. The molecule has 0 bridgehead atoms. The number of Topliss-reactive ketones (excluding diaryl/α,β-unsaturated/α-hetero) is 1. The largest absolute Gasteiger partial charge is 0.491 e. The van der Waals surface area contributed by atoms with Crippen molar-refractivity contribution in [1.82, 2.24) is 5.32 Å². The second-order valence-corrected chi connectivity index (χ2v) is 8.34. The summed E-state index contributed by atoms with van der Waals surface area (Å²) in [7, 11) is 0. The molecule has 3 atom stereocenters. The lowest BCUT2D eigenvalue weighted by Crippen LogP contribution is -2.38. The van der Waals surface area contributed by atoms with Crippen molar-refractivity contribution in [2.45, 2.75) is 50.7 Å². The predicted octanol–water partition coefficient (Wildman–Crippen LogP) is 3.94. The van der Waals surface area contributed by atoms with Gasteiger partial charge in [-0.1, -0.05) is 36.8 Å². The van der Waals surface area contributed by atoms with Gasteiger partial charge in [-0.15, -0.1) is 0 Å². The van der Waals surface area contributed by atoms with Crippen LogP contribution in [0.25, 0.3) is 0 Å².